The number of rotatable bonds is 5. The van der Waals surface area contributed by atoms with E-state index in [-0.39, 0.29) is 17.9 Å². The molecule has 0 atom stereocenters. The highest BCUT2D eigenvalue weighted by Gasteiger charge is 2.14. The molecule has 3 rings (SSSR count). The number of piperidine rings is 1. The second-order valence-electron chi connectivity index (χ2n) is 5.91. The van der Waals surface area contributed by atoms with E-state index in [1.807, 2.05) is 12.1 Å². The Labute approximate surface area is 140 Å². The van der Waals surface area contributed by atoms with E-state index in [2.05, 4.69) is 15.3 Å². The molecule has 1 aromatic heterocycles. The summed E-state index contributed by atoms with van der Waals surface area (Å²) in [6.07, 6.45) is 4.97. The fraction of sp³-hybridized carbons (Fsp3) is 0.389. The van der Waals surface area contributed by atoms with Crippen molar-refractivity contribution in [2.45, 2.75) is 25.9 Å². The van der Waals surface area contributed by atoms with Crippen LogP contribution in [0.2, 0.25) is 0 Å². The molecular formula is C18H19FN4O. The van der Waals surface area contributed by atoms with Crippen molar-refractivity contribution in [3.8, 4) is 11.8 Å². The van der Waals surface area contributed by atoms with Gasteiger partial charge in [0.1, 0.15) is 6.61 Å². The Morgan fingerprint density at radius 2 is 2.12 bits per heavy atom. The van der Waals surface area contributed by atoms with Crippen LogP contribution in [0.25, 0.3) is 0 Å². The van der Waals surface area contributed by atoms with Crippen molar-refractivity contribution < 1.29 is 9.13 Å². The number of benzene rings is 1. The molecule has 24 heavy (non-hydrogen) atoms. The van der Waals surface area contributed by atoms with Gasteiger partial charge in [-0.15, -0.1) is 0 Å². The van der Waals surface area contributed by atoms with Crippen molar-refractivity contribution in [3.05, 3.63) is 53.4 Å². The third-order valence-corrected chi connectivity index (χ3v) is 4.14. The standard InChI is InChI=1S/C18H19FN4O/c19-16-10-14(11-20)1-2-17(16)24-12-18-22-8-5-15(23-18)9-13-3-6-21-7-4-13/h1-2,5,8,10,13,21H,3-4,6-7,9,12H2. The molecule has 0 aliphatic carbocycles. The van der Waals surface area contributed by atoms with E-state index < -0.39 is 5.82 Å². The summed E-state index contributed by atoms with van der Waals surface area (Å²) in [6, 6.07) is 7.94. The molecule has 0 amide bonds. The number of halogens is 1. The molecule has 0 radical (unpaired) electrons. The third-order valence-electron chi connectivity index (χ3n) is 4.14. The number of hydrogen-bond acceptors (Lipinski definition) is 5. The van der Waals surface area contributed by atoms with Crippen LogP contribution in [0.3, 0.4) is 0 Å². The number of aromatic nitrogens is 2. The van der Waals surface area contributed by atoms with Crippen molar-refractivity contribution in [1.29, 1.82) is 5.26 Å². The molecule has 2 heterocycles. The fourth-order valence-corrected chi connectivity index (χ4v) is 2.84. The zero-order chi connectivity index (χ0) is 16.8. The van der Waals surface area contributed by atoms with Gasteiger partial charge in [-0.05, 0) is 62.5 Å². The number of nitrogens with zero attached hydrogens (tertiary/aromatic N) is 3. The highest BCUT2D eigenvalue weighted by Crippen LogP contribution is 2.19. The summed E-state index contributed by atoms with van der Waals surface area (Å²) < 4.78 is 19.3. The van der Waals surface area contributed by atoms with Crippen molar-refractivity contribution in [3.63, 3.8) is 0 Å². The Morgan fingerprint density at radius 3 is 2.88 bits per heavy atom. The first-order valence-corrected chi connectivity index (χ1v) is 8.08. The smallest absolute Gasteiger partial charge is 0.166 e. The first kappa shape index (κ1) is 16.3. The van der Waals surface area contributed by atoms with Crippen LogP contribution in [0.15, 0.2) is 30.5 Å². The van der Waals surface area contributed by atoms with E-state index in [1.165, 1.54) is 12.1 Å². The van der Waals surface area contributed by atoms with Crippen LogP contribution in [-0.2, 0) is 13.0 Å². The Hall–Kier alpha value is -2.52. The lowest BCUT2D eigenvalue weighted by atomic mass is 9.93. The molecule has 6 heteroatoms. The summed E-state index contributed by atoms with van der Waals surface area (Å²) >= 11 is 0. The van der Waals surface area contributed by atoms with E-state index in [1.54, 1.807) is 6.20 Å². The summed E-state index contributed by atoms with van der Waals surface area (Å²) in [6.45, 7) is 2.22. The molecule has 0 spiro atoms. The Kier molecular flexibility index (Phi) is 5.34. The molecule has 1 saturated heterocycles. The Morgan fingerprint density at radius 1 is 1.29 bits per heavy atom. The average Bonchev–Trinajstić information content (AvgIpc) is 2.62. The second kappa shape index (κ2) is 7.84. The van der Waals surface area contributed by atoms with E-state index in [4.69, 9.17) is 10.00 Å². The second-order valence-corrected chi connectivity index (χ2v) is 5.91. The van der Waals surface area contributed by atoms with E-state index >= 15 is 0 Å². The SMILES string of the molecule is N#Cc1ccc(OCc2nccc(CC3CCNCC3)n2)c(F)c1. The molecule has 5 nitrogen and oxygen atoms in total. The monoisotopic (exact) mass is 326 g/mol. The highest BCUT2D eigenvalue weighted by molar-refractivity contribution is 5.36. The van der Waals surface area contributed by atoms with Crippen molar-refractivity contribution in [2.75, 3.05) is 13.1 Å². The first-order chi connectivity index (χ1) is 11.7. The maximum absolute atomic E-state index is 13.8. The van der Waals surface area contributed by atoms with Gasteiger partial charge in [0.2, 0.25) is 0 Å². The molecule has 124 valence electrons. The summed E-state index contributed by atoms with van der Waals surface area (Å²) in [5.41, 5.74) is 1.26. The van der Waals surface area contributed by atoms with Crippen molar-refractivity contribution in [1.82, 2.24) is 15.3 Å². The maximum atomic E-state index is 13.8. The van der Waals surface area contributed by atoms with Gasteiger partial charge in [-0.2, -0.15) is 5.26 Å². The molecule has 0 saturated carbocycles. The molecule has 1 aliphatic heterocycles. The lowest BCUT2D eigenvalue weighted by molar-refractivity contribution is 0.280. The lowest BCUT2D eigenvalue weighted by Gasteiger charge is -2.22. The first-order valence-electron chi connectivity index (χ1n) is 8.08. The van der Waals surface area contributed by atoms with Crippen molar-refractivity contribution in [2.24, 2.45) is 5.92 Å². The third kappa shape index (κ3) is 4.27. The summed E-state index contributed by atoms with van der Waals surface area (Å²) in [5, 5.41) is 12.1. The zero-order valence-corrected chi connectivity index (χ0v) is 13.3. The molecule has 1 fully saturated rings. The minimum Gasteiger partial charge on any atom is -0.483 e. The molecule has 2 aromatic rings. The van der Waals surface area contributed by atoms with Crippen LogP contribution in [0, 0.1) is 23.1 Å². The number of hydrogen-bond donors (Lipinski definition) is 1. The van der Waals surface area contributed by atoms with Gasteiger partial charge >= 0.3 is 0 Å². The minimum atomic E-state index is -0.556. The van der Waals surface area contributed by atoms with Gasteiger partial charge in [0.15, 0.2) is 17.4 Å². The van der Waals surface area contributed by atoms with Gasteiger partial charge in [0.25, 0.3) is 0 Å². The van der Waals surface area contributed by atoms with Crippen LogP contribution in [0.5, 0.6) is 5.75 Å². The van der Waals surface area contributed by atoms with Gasteiger partial charge in [-0.1, -0.05) is 0 Å². The normalized spacial score (nSPS) is 15.0. The highest BCUT2D eigenvalue weighted by atomic mass is 19.1. The Balaban J connectivity index is 1.61. The Bertz CT molecular complexity index is 738. The summed E-state index contributed by atoms with van der Waals surface area (Å²) in [5.74, 6) is 0.720. The molecule has 1 aromatic carbocycles. The zero-order valence-electron chi connectivity index (χ0n) is 13.3. The van der Waals surface area contributed by atoms with Crippen LogP contribution in [0.1, 0.15) is 29.9 Å². The van der Waals surface area contributed by atoms with Crippen LogP contribution < -0.4 is 10.1 Å². The molecule has 1 N–H and O–H groups in total. The van der Waals surface area contributed by atoms with Crippen LogP contribution in [0.4, 0.5) is 4.39 Å². The van der Waals surface area contributed by atoms with E-state index in [0.717, 1.165) is 44.1 Å². The van der Waals surface area contributed by atoms with Gasteiger partial charge in [0, 0.05) is 11.9 Å². The fourth-order valence-electron chi connectivity index (χ4n) is 2.84. The molecule has 0 unspecified atom stereocenters. The van der Waals surface area contributed by atoms with Crippen LogP contribution >= 0.6 is 0 Å². The number of nitrogens with one attached hydrogen (secondary N) is 1. The largest absolute Gasteiger partial charge is 0.483 e. The van der Waals surface area contributed by atoms with Gasteiger partial charge in [-0.25, -0.2) is 14.4 Å². The summed E-state index contributed by atoms with van der Waals surface area (Å²) in [7, 11) is 0. The molecular weight excluding hydrogens is 307 g/mol. The minimum absolute atomic E-state index is 0.0985. The number of nitriles is 1. The maximum Gasteiger partial charge on any atom is 0.166 e. The summed E-state index contributed by atoms with van der Waals surface area (Å²) in [4.78, 5) is 8.70. The van der Waals surface area contributed by atoms with Gasteiger partial charge in [0.05, 0.1) is 11.6 Å². The topological polar surface area (TPSA) is 70.8 Å². The van der Waals surface area contributed by atoms with Gasteiger partial charge < -0.3 is 10.1 Å². The average molecular weight is 326 g/mol. The molecule has 1 aliphatic rings. The predicted molar refractivity (Wildman–Crippen MR) is 86.8 cm³/mol. The van der Waals surface area contributed by atoms with E-state index in [0.29, 0.717) is 11.7 Å². The predicted octanol–water partition coefficient (Wildman–Crippen LogP) is 2.61. The van der Waals surface area contributed by atoms with Gasteiger partial charge in [-0.3, -0.25) is 0 Å². The van der Waals surface area contributed by atoms with Crippen molar-refractivity contribution >= 4 is 0 Å². The molecule has 0 bridgehead atoms. The quantitative estimate of drug-likeness (QED) is 0.914. The van der Waals surface area contributed by atoms with E-state index in [9.17, 15) is 4.39 Å². The van der Waals surface area contributed by atoms with Crippen LogP contribution in [-0.4, -0.2) is 23.1 Å². The lowest BCUT2D eigenvalue weighted by Crippen LogP contribution is -2.28. The number of ether oxygens (including phenoxy) is 1.